The number of para-hydroxylation sites is 1. The molecule has 126 valence electrons. The van der Waals surface area contributed by atoms with Gasteiger partial charge in [0.15, 0.2) is 5.17 Å². The van der Waals surface area contributed by atoms with E-state index in [2.05, 4.69) is 22.0 Å². The molecule has 1 saturated heterocycles. The minimum atomic E-state index is 0.0129. The summed E-state index contributed by atoms with van der Waals surface area (Å²) in [5.41, 5.74) is 2.28. The number of amidine groups is 1. The lowest BCUT2D eigenvalue weighted by Gasteiger charge is -2.14. The number of rotatable bonds is 2. The third kappa shape index (κ3) is 2.96. The minimum absolute atomic E-state index is 0.0129. The second-order valence-electron chi connectivity index (χ2n) is 5.81. The predicted molar refractivity (Wildman–Crippen MR) is 106 cm³/mol. The molecule has 0 aliphatic carbocycles. The van der Waals surface area contributed by atoms with Crippen molar-refractivity contribution in [2.45, 2.75) is 11.4 Å². The number of hydrogen-bond donors (Lipinski definition) is 0. The molecule has 2 heterocycles. The Balaban J connectivity index is 1.62. The van der Waals surface area contributed by atoms with E-state index in [4.69, 9.17) is 0 Å². The summed E-state index contributed by atoms with van der Waals surface area (Å²) in [5.74, 6) is 0.0129. The highest BCUT2D eigenvalue weighted by molar-refractivity contribution is 8.19. The first-order valence-corrected chi connectivity index (χ1v) is 9.57. The third-order valence-corrected chi connectivity index (χ3v) is 6.67. The van der Waals surface area contributed by atoms with Crippen molar-refractivity contribution in [3.05, 3.63) is 70.1 Å². The number of aliphatic imine (C=N–C) groups is 1. The summed E-state index contributed by atoms with van der Waals surface area (Å²) in [6.07, 6.45) is 0. The van der Waals surface area contributed by atoms with Gasteiger partial charge >= 0.3 is 0 Å². The van der Waals surface area contributed by atoms with E-state index in [1.54, 1.807) is 23.7 Å². The third-order valence-electron chi connectivity index (χ3n) is 4.15. The fourth-order valence-corrected chi connectivity index (χ4v) is 5.07. The Morgan fingerprint density at radius 3 is 2.40 bits per heavy atom. The summed E-state index contributed by atoms with van der Waals surface area (Å²) in [6, 6.07) is 18.3. The van der Waals surface area contributed by atoms with Gasteiger partial charge in [-0.25, -0.2) is 0 Å². The van der Waals surface area contributed by atoms with Crippen LogP contribution in [0.15, 0.2) is 74.4 Å². The van der Waals surface area contributed by atoms with Crippen LogP contribution in [0.1, 0.15) is 5.56 Å². The first-order chi connectivity index (χ1) is 12.1. The number of likely N-dealkylation sites (N-methyl/N-ethyl adjacent to an activating group) is 1. The molecule has 0 radical (unpaired) electrons. The van der Waals surface area contributed by atoms with Crippen molar-refractivity contribution in [3.8, 4) is 0 Å². The average Bonchev–Trinajstić information content (AvgIpc) is 3.12. The maximum atomic E-state index is 12.7. The molecule has 2 aromatic rings. The van der Waals surface area contributed by atoms with E-state index in [1.807, 2.05) is 49.5 Å². The molecule has 0 atom stereocenters. The summed E-state index contributed by atoms with van der Waals surface area (Å²) in [7, 11) is 3.80. The average molecular weight is 367 g/mol. The topological polar surface area (TPSA) is 35.9 Å². The molecule has 0 bridgehead atoms. The fraction of sp³-hybridized carbons (Fsp3) is 0.158. The quantitative estimate of drug-likeness (QED) is 0.747. The Hall–Kier alpha value is -2.18. The van der Waals surface area contributed by atoms with Crippen molar-refractivity contribution < 1.29 is 4.79 Å². The molecule has 1 fully saturated rings. The monoisotopic (exact) mass is 367 g/mol. The largest absolute Gasteiger partial charge is 0.337 e. The van der Waals surface area contributed by atoms with Gasteiger partial charge < -0.3 is 4.90 Å². The number of benzene rings is 2. The van der Waals surface area contributed by atoms with Crippen molar-refractivity contribution in [1.82, 2.24) is 4.90 Å². The van der Waals surface area contributed by atoms with Crippen LogP contribution in [0.2, 0.25) is 0 Å². The van der Waals surface area contributed by atoms with Gasteiger partial charge in [-0.1, -0.05) is 54.2 Å². The molecule has 0 aromatic heterocycles. The highest BCUT2D eigenvalue weighted by Gasteiger charge is 2.37. The van der Waals surface area contributed by atoms with Crippen LogP contribution in [0, 0.1) is 0 Å². The first-order valence-electron chi connectivity index (χ1n) is 7.94. The summed E-state index contributed by atoms with van der Waals surface area (Å²) >= 11 is 3.11. The maximum absolute atomic E-state index is 12.7. The zero-order valence-corrected chi connectivity index (χ0v) is 15.6. The standard InChI is InChI=1S/C19H17N3OS2/c1-21-14-10-6-7-11-15(14)24-18(21)16-17(23)22(2)19(25-16)20-12-13-8-4-3-5-9-13/h3-11H,12H2,1-2H3. The second kappa shape index (κ2) is 6.61. The summed E-state index contributed by atoms with van der Waals surface area (Å²) in [4.78, 5) is 23.0. The Labute approximate surface area is 155 Å². The van der Waals surface area contributed by atoms with Crippen molar-refractivity contribution >= 4 is 40.3 Å². The predicted octanol–water partition coefficient (Wildman–Crippen LogP) is 4.16. The molecular formula is C19H17N3OS2. The van der Waals surface area contributed by atoms with E-state index in [0.717, 1.165) is 26.4 Å². The van der Waals surface area contributed by atoms with Crippen molar-refractivity contribution in [2.24, 2.45) is 4.99 Å². The van der Waals surface area contributed by atoms with Gasteiger partial charge in [0, 0.05) is 19.0 Å². The lowest BCUT2D eigenvalue weighted by Crippen LogP contribution is -2.25. The molecule has 0 saturated carbocycles. The van der Waals surface area contributed by atoms with Gasteiger partial charge in [0.25, 0.3) is 5.91 Å². The second-order valence-corrected chi connectivity index (χ2v) is 7.82. The van der Waals surface area contributed by atoms with Crippen LogP contribution < -0.4 is 4.90 Å². The van der Waals surface area contributed by atoms with Gasteiger partial charge in [-0.15, -0.1) is 0 Å². The molecule has 0 unspecified atom stereocenters. The number of anilines is 1. The lowest BCUT2D eigenvalue weighted by molar-refractivity contribution is -0.121. The lowest BCUT2D eigenvalue weighted by atomic mass is 10.2. The summed E-state index contributed by atoms with van der Waals surface area (Å²) in [5, 5.41) is 1.73. The maximum Gasteiger partial charge on any atom is 0.269 e. The molecule has 2 aliphatic rings. The molecule has 1 amide bonds. The van der Waals surface area contributed by atoms with E-state index >= 15 is 0 Å². The molecular weight excluding hydrogens is 350 g/mol. The van der Waals surface area contributed by atoms with Crippen LogP contribution in [0.3, 0.4) is 0 Å². The molecule has 0 N–H and O–H groups in total. The number of hydrogen-bond acceptors (Lipinski definition) is 5. The molecule has 25 heavy (non-hydrogen) atoms. The smallest absolute Gasteiger partial charge is 0.269 e. The molecule has 2 aliphatic heterocycles. The molecule has 6 heteroatoms. The molecule has 4 nitrogen and oxygen atoms in total. The van der Waals surface area contributed by atoms with Crippen molar-refractivity contribution in [1.29, 1.82) is 0 Å². The highest BCUT2D eigenvalue weighted by Crippen LogP contribution is 2.49. The van der Waals surface area contributed by atoms with Crippen LogP contribution in [-0.2, 0) is 11.3 Å². The van der Waals surface area contributed by atoms with Crippen LogP contribution in [0.4, 0.5) is 5.69 Å². The van der Waals surface area contributed by atoms with Crippen LogP contribution >= 0.6 is 23.5 Å². The Bertz CT molecular complexity index is 893. The Morgan fingerprint density at radius 1 is 0.920 bits per heavy atom. The van der Waals surface area contributed by atoms with E-state index in [-0.39, 0.29) is 5.91 Å². The van der Waals surface area contributed by atoms with Gasteiger partial charge in [-0.05, 0) is 29.5 Å². The highest BCUT2D eigenvalue weighted by atomic mass is 32.2. The number of thioether (sulfide) groups is 2. The number of amides is 1. The summed E-state index contributed by atoms with van der Waals surface area (Å²) < 4.78 is 0. The van der Waals surface area contributed by atoms with Crippen LogP contribution in [-0.4, -0.2) is 30.1 Å². The molecule has 0 spiro atoms. The van der Waals surface area contributed by atoms with Crippen LogP contribution in [0.25, 0.3) is 0 Å². The SMILES string of the molecule is CN1C(=O)C(=C2Sc3ccccc3N2C)SC1=NCc1ccccc1. The molecule has 4 rings (SSSR count). The Kier molecular flexibility index (Phi) is 4.31. The fourth-order valence-electron chi connectivity index (χ4n) is 2.76. The van der Waals surface area contributed by atoms with Gasteiger partial charge in [-0.2, -0.15) is 0 Å². The molecule has 2 aromatic carbocycles. The van der Waals surface area contributed by atoms with Crippen molar-refractivity contribution in [2.75, 3.05) is 19.0 Å². The van der Waals surface area contributed by atoms with E-state index in [0.29, 0.717) is 6.54 Å². The van der Waals surface area contributed by atoms with Gasteiger partial charge in [0.05, 0.1) is 17.3 Å². The van der Waals surface area contributed by atoms with Gasteiger partial charge in [0.1, 0.15) is 4.91 Å². The number of carbonyl (C=O) groups excluding carboxylic acids is 1. The normalized spacial score (nSPS) is 21.4. The number of carbonyl (C=O) groups is 1. The minimum Gasteiger partial charge on any atom is -0.337 e. The van der Waals surface area contributed by atoms with Crippen molar-refractivity contribution in [3.63, 3.8) is 0 Å². The Morgan fingerprint density at radius 2 is 1.64 bits per heavy atom. The number of nitrogens with zero attached hydrogens (tertiary/aromatic N) is 3. The number of fused-ring (bicyclic) bond motifs is 1. The van der Waals surface area contributed by atoms with E-state index in [1.165, 1.54) is 16.7 Å². The zero-order valence-electron chi connectivity index (χ0n) is 14.0. The van der Waals surface area contributed by atoms with E-state index < -0.39 is 0 Å². The first kappa shape index (κ1) is 16.3. The van der Waals surface area contributed by atoms with Gasteiger partial charge in [0.2, 0.25) is 0 Å². The van der Waals surface area contributed by atoms with Gasteiger partial charge in [-0.3, -0.25) is 14.7 Å². The van der Waals surface area contributed by atoms with Crippen LogP contribution in [0.5, 0.6) is 0 Å². The summed E-state index contributed by atoms with van der Waals surface area (Å²) in [6.45, 7) is 0.576. The van der Waals surface area contributed by atoms with E-state index in [9.17, 15) is 4.79 Å². The zero-order chi connectivity index (χ0) is 17.4.